The molecule has 0 aliphatic carbocycles. The van der Waals surface area contributed by atoms with Gasteiger partial charge in [0.25, 0.3) is 11.8 Å². The molecular weight excluding hydrogens is 316 g/mol. The zero-order valence-corrected chi connectivity index (χ0v) is 14.5. The van der Waals surface area contributed by atoms with Crippen LogP contribution in [0.4, 0.5) is 11.4 Å². The lowest BCUT2D eigenvalue weighted by Crippen LogP contribution is -2.28. The Morgan fingerprint density at radius 2 is 1.96 bits per heavy atom. The summed E-state index contributed by atoms with van der Waals surface area (Å²) < 4.78 is 5.38. The fraction of sp³-hybridized carbons (Fsp3) is 0.300. The van der Waals surface area contributed by atoms with Crippen LogP contribution in [0.25, 0.3) is 0 Å². The number of ether oxygens (including phenoxy) is 1. The number of amides is 2. The summed E-state index contributed by atoms with van der Waals surface area (Å²) in [5.41, 5.74) is 3.05. The quantitative estimate of drug-likeness (QED) is 0.930. The number of nitrogens with one attached hydrogen (secondary N) is 1. The number of hydrogen-bond donors (Lipinski definition) is 1. The molecule has 0 spiro atoms. The van der Waals surface area contributed by atoms with E-state index in [-0.39, 0.29) is 11.8 Å². The van der Waals surface area contributed by atoms with Crippen molar-refractivity contribution in [2.45, 2.75) is 25.9 Å². The first-order chi connectivity index (χ1) is 12.0. The topological polar surface area (TPSA) is 58.6 Å². The van der Waals surface area contributed by atoms with Crippen LogP contribution in [0, 0.1) is 6.92 Å². The van der Waals surface area contributed by atoms with Crippen LogP contribution in [0.3, 0.4) is 0 Å². The fourth-order valence-electron chi connectivity index (χ4n) is 2.88. The van der Waals surface area contributed by atoms with Gasteiger partial charge in [0.05, 0.1) is 0 Å². The molecule has 2 amide bonds. The lowest BCUT2D eigenvalue weighted by Gasteiger charge is -2.18. The van der Waals surface area contributed by atoms with Gasteiger partial charge < -0.3 is 15.0 Å². The van der Waals surface area contributed by atoms with E-state index in [1.165, 1.54) is 0 Å². The zero-order chi connectivity index (χ0) is 17.8. The molecule has 0 bridgehead atoms. The maximum Gasteiger partial charge on any atom is 0.258 e. The lowest BCUT2D eigenvalue weighted by atomic mass is 10.1. The molecule has 1 fully saturated rings. The first kappa shape index (κ1) is 17.2. The third-order valence-electron chi connectivity index (χ3n) is 4.29. The number of benzene rings is 2. The average molecular weight is 338 g/mol. The molecule has 25 heavy (non-hydrogen) atoms. The van der Waals surface area contributed by atoms with Gasteiger partial charge in [0.2, 0.25) is 0 Å². The van der Waals surface area contributed by atoms with Crippen LogP contribution < -0.4 is 10.2 Å². The molecule has 1 atom stereocenters. The summed E-state index contributed by atoms with van der Waals surface area (Å²) in [7, 11) is 1.74. The van der Waals surface area contributed by atoms with Crippen molar-refractivity contribution in [3.05, 3.63) is 59.7 Å². The van der Waals surface area contributed by atoms with E-state index in [1.54, 1.807) is 36.2 Å². The summed E-state index contributed by atoms with van der Waals surface area (Å²) in [6, 6.07) is 14.8. The van der Waals surface area contributed by atoms with Crippen molar-refractivity contribution in [2.75, 3.05) is 23.9 Å². The number of hydrogen-bond acceptors (Lipinski definition) is 3. The largest absolute Gasteiger partial charge is 0.368 e. The Bertz CT molecular complexity index is 782. The second-order valence-electron chi connectivity index (χ2n) is 6.27. The normalized spacial score (nSPS) is 16.5. The molecule has 5 nitrogen and oxygen atoms in total. The van der Waals surface area contributed by atoms with Crippen molar-refractivity contribution in [1.82, 2.24) is 0 Å². The molecule has 0 aromatic heterocycles. The van der Waals surface area contributed by atoms with Crippen molar-refractivity contribution < 1.29 is 14.3 Å². The van der Waals surface area contributed by atoms with Crippen molar-refractivity contribution >= 4 is 23.2 Å². The van der Waals surface area contributed by atoms with E-state index in [9.17, 15) is 9.59 Å². The van der Waals surface area contributed by atoms with E-state index in [2.05, 4.69) is 5.32 Å². The van der Waals surface area contributed by atoms with E-state index in [4.69, 9.17) is 4.74 Å². The van der Waals surface area contributed by atoms with Gasteiger partial charge in [-0.05, 0) is 55.7 Å². The molecule has 0 radical (unpaired) electrons. The Morgan fingerprint density at radius 1 is 1.16 bits per heavy atom. The maximum atomic E-state index is 12.7. The molecule has 3 rings (SSSR count). The van der Waals surface area contributed by atoms with E-state index < -0.39 is 6.10 Å². The zero-order valence-electron chi connectivity index (χ0n) is 14.5. The first-order valence-corrected chi connectivity index (χ1v) is 8.42. The van der Waals surface area contributed by atoms with Crippen molar-refractivity contribution in [3.63, 3.8) is 0 Å². The van der Waals surface area contributed by atoms with Crippen LogP contribution in [0.1, 0.15) is 28.8 Å². The molecule has 1 saturated heterocycles. The minimum absolute atomic E-state index is 0.126. The van der Waals surface area contributed by atoms with Crippen LogP contribution in [0.15, 0.2) is 48.5 Å². The fourth-order valence-corrected chi connectivity index (χ4v) is 2.88. The highest BCUT2D eigenvalue weighted by atomic mass is 16.5. The molecule has 130 valence electrons. The van der Waals surface area contributed by atoms with Gasteiger partial charge in [-0.3, -0.25) is 9.59 Å². The molecule has 1 N–H and O–H groups in total. The summed E-state index contributed by atoms with van der Waals surface area (Å²) in [6.07, 6.45) is 1.24. The first-order valence-electron chi connectivity index (χ1n) is 8.42. The van der Waals surface area contributed by atoms with Crippen LogP contribution >= 0.6 is 0 Å². The Hall–Kier alpha value is -2.66. The van der Waals surface area contributed by atoms with Crippen LogP contribution in [-0.2, 0) is 9.53 Å². The third kappa shape index (κ3) is 4.06. The number of anilines is 2. The Labute approximate surface area is 147 Å². The molecule has 2 aromatic carbocycles. The van der Waals surface area contributed by atoms with Gasteiger partial charge in [-0.1, -0.05) is 18.2 Å². The monoisotopic (exact) mass is 338 g/mol. The highest BCUT2D eigenvalue weighted by Crippen LogP contribution is 2.20. The molecule has 0 saturated carbocycles. The average Bonchev–Trinajstić information content (AvgIpc) is 3.15. The summed E-state index contributed by atoms with van der Waals surface area (Å²) in [6.45, 7) is 2.61. The summed E-state index contributed by atoms with van der Waals surface area (Å²) >= 11 is 0. The summed E-state index contributed by atoms with van der Waals surface area (Å²) in [5, 5.41) is 2.83. The highest BCUT2D eigenvalue weighted by molar-refractivity contribution is 6.06. The second kappa shape index (κ2) is 7.49. The molecule has 1 aliphatic heterocycles. The summed E-state index contributed by atoms with van der Waals surface area (Å²) in [5.74, 6) is -0.284. The molecule has 1 heterocycles. The van der Waals surface area contributed by atoms with Gasteiger partial charge in [-0.15, -0.1) is 0 Å². The second-order valence-corrected chi connectivity index (χ2v) is 6.27. The Kier molecular flexibility index (Phi) is 5.14. The number of nitrogens with zero attached hydrogens (tertiary/aromatic N) is 1. The van der Waals surface area contributed by atoms with E-state index in [0.717, 1.165) is 24.1 Å². The molecular formula is C20H22N2O3. The van der Waals surface area contributed by atoms with Crippen LogP contribution in [-0.4, -0.2) is 31.6 Å². The van der Waals surface area contributed by atoms with Gasteiger partial charge in [0, 0.05) is 30.6 Å². The van der Waals surface area contributed by atoms with Gasteiger partial charge in [0.15, 0.2) is 0 Å². The lowest BCUT2D eigenvalue weighted by molar-refractivity contribution is -0.124. The number of carbonyl (C=O) groups excluding carboxylic acids is 2. The van der Waals surface area contributed by atoms with Crippen LogP contribution in [0.5, 0.6) is 0 Å². The summed E-state index contributed by atoms with van der Waals surface area (Å²) in [4.78, 5) is 26.5. The van der Waals surface area contributed by atoms with E-state index in [0.29, 0.717) is 17.9 Å². The van der Waals surface area contributed by atoms with Crippen molar-refractivity contribution in [2.24, 2.45) is 0 Å². The highest BCUT2D eigenvalue weighted by Gasteiger charge is 2.23. The minimum atomic E-state index is -0.394. The van der Waals surface area contributed by atoms with Crippen molar-refractivity contribution in [1.29, 1.82) is 0 Å². The molecule has 5 heteroatoms. The Morgan fingerprint density at radius 3 is 2.68 bits per heavy atom. The standard InChI is InChI=1S/C20H22N2O3/c1-14-6-3-9-17(12-14)22(2)20(24)15-7-4-8-16(13-15)21-19(23)18-10-5-11-25-18/h3-4,6-9,12-13,18H,5,10-11H2,1-2H3,(H,21,23)/t18-/m1/s1. The maximum absolute atomic E-state index is 12.7. The van der Waals surface area contributed by atoms with Gasteiger partial charge >= 0.3 is 0 Å². The van der Waals surface area contributed by atoms with Crippen LogP contribution in [0.2, 0.25) is 0 Å². The number of aryl methyl sites for hydroxylation is 1. The van der Waals surface area contributed by atoms with Gasteiger partial charge in [-0.2, -0.15) is 0 Å². The smallest absolute Gasteiger partial charge is 0.258 e. The molecule has 1 aliphatic rings. The number of carbonyl (C=O) groups is 2. The molecule has 0 unspecified atom stereocenters. The SMILES string of the molecule is Cc1cccc(N(C)C(=O)c2cccc(NC(=O)[C@H]3CCCO3)c2)c1. The van der Waals surface area contributed by atoms with Crippen molar-refractivity contribution in [3.8, 4) is 0 Å². The molecule has 2 aromatic rings. The predicted molar refractivity (Wildman–Crippen MR) is 98.0 cm³/mol. The Balaban J connectivity index is 1.74. The van der Waals surface area contributed by atoms with Gasteiger partial charge in [0.1, 0.15) is 6.10 Å². The predicted octanol–water partition coefficient (Wildman–Crippen LogP) is 3.39. The third-order valence-corrected chi connectivity index (χ3v) is 4.29. The van der Waals surface area contributed by atoms with Gasteiger partial charge in [-0.25, -0.2) is 0 Å². The van der Waals surface area contributed by atoms with E-state index >= 15 is 0 Å². The van der Waals surface area contributed by atoms with E-state index in [1.807, 2.05) is 31.2 Å². The minimum Gasteiger partial charge on any atom is -0.368 e. The number of rotatable bonds is 4.